The first-order chi connectivity index (χ1) is 12.3. The van der Waals surface area contributed by atoms with Crippen LogP contribution < -0.4 is 20.1 Å². The van der Waals surface area contributed by atoms with Crippen molar-refractivity contribution in [1.29, 1.82) is 0 Å². The van der Waals surface area contributed by atoms with E-state index in [4.69, 9.17) is 14.2 Å². The Morgan fingerprint density at radius 3 is 2.27 bits per heavy atom. The second-order valence-electron chi connectivity index (χ2n) is 6.00. The third-order valence-electron chi connectivity index (χ3n) is 3.56. The van der Waals surface area contributed by atoms with Crippen molar-refractivity contribution in [2.45, 2.75) is 33.4 Å². The second kappa shape index (κ2) is 10.3. The molecule has 26 heavy (non-hydrogen) atoms. The number of amides is 2. The third-order valence-corrected chi connectivity index (χ3v) is 3.56. The molecule has 1 aromatic rings. The molecule has 0 radical (unpaired) electrons. The van der Waals surface area contributed by atoms with Crippen LogP contribution in [0.3, 0.4) is 0 Å². The molecule has 0 spiro atoms. The van der Waals surface area contributed by atoms with Crippen molar-refractivity contribution in [2.24, 2.45) is 5.92 Å². The average molecular weight is 366 g/mol. The molecule has 0 heterocycles. The van der Waals surface area contributed by atoms with Crippen LogP contribution >= 0.6 is 0 Å². The van der Waals surface area contributed by atoms with Crippen molar-refractivity contribution < 1.29 is 28.6 Å². The second-order valence-corrected chi connectivity index (χ2v) is 6.00. The largest absolute Gasteiger partial charge is 0.493 e. The molecule has 0 aliphatic rings. The summed E-state index contributed by atoms with van der Waals surface area (Å²) in [6.45, 7) is 4.70. The molecule has 2 N–H and O–H groups in total. The van der Waals surface area contributed by atoms with Gasteiger partial charge in [0.05, 0.1) is 14.2 Å². The van der Waals surface area contributed by atoms with Gasteiger partial charge in [0, 0.05) is 13.5 Å². The zero-order valence-electron chi connectivity index (χ0n) is 15.8. The van der Waals surface area contributed by atoms with Gasteiger partial charge in [-0.25, -0.2) is 4.79 Å². The number of hydrogen-bond acceptors (Lipinski definition) is 6. The summed E-state index contributed by atoms with van der Waals surface area (Å²) in [5.41, 5.74) is 0.806. The van der Waals surface area contributed by atoms with Crippen LogP contribution in [0.5, 0.6) is 11.5 Å². The Bertz CT molecular complexity index is 645. The molecule has 0 fully saturated rings. The molecular formula is C18H26N2O6. The molecule has 0 saturated carbocycles. The zero-order valence-corrected chi connectivity index (χ0v) is 15.8. The summed E-state index contributed by atoms with van der Waals surface area (Å²) in [5, 5.41) is 5.17. The minimum atomic E-state index is -0.786. The molecule has 0 saturated heterocycles. The van der Waals surface area contributed by atoms with Crippen molar-refractivity contribution in [1.82, 2.24) is 10.6 Å². The van der Waals surface area contributed by atoms with Gasteiger partial charge in [-0.15, -0.1) is 0 Å². The summed E-state index contributed by atoms with van der Waals surface area (Å²) in [6, 6.07) is 4.49. The van der Waals surface area contributed by atoms with Crippen molar-refractivity contribution >= 4 is 17.8 Å². The maximum absolute atomic E-state index is 12.0. The summed E-state index contributed by atoms with van der Waals surface area (Å²) < 4.78 is 15.3. The Morgan fingerprint density at radius 1 is 1.08 bits per heavy atom. The van der Waals surface area contributed by atoms with E-state index in [9.17, 15) is 14.4 Å². The average Bonchev–Trinajstić information content (AvgIpc) is 2.61. The Balaban J connectivity index is 2.51. The number of nitrogens with one attached hydrogen (secondary N) is 2. The molecule has 0 aromatic heterocycles. The topological polar surface area (TPSA) is 103 Å². The lowest BCUT2D eigenvalue weighted by atomic mass is 10.0. The minimum absolute atomic E-state index is 0.152. The zero-order chi connectivity index (χ0) is 19.7. The quantitative estimate of drug-likeness (QED) is 0.633. The SMILES string of the molecule is COc1ccc(CNC(=O)COC(=O)C(NC(C)=O)C(C)C)cc1OC. The third kappa shape index (κ3) is 6.62. The number of methoxy groups -OCH3 is 2. The first-order valence-corrected chi connectivity index (χ1v) is 8.19. The fourth-order valence-corrected chi connectivity index (χ4v) is 2.19. The van der Waals surface area contributed by atoms with E-state index >= 15 is 0 Å². The lowest BCUT2D eigenvalue weighted by Gasteiger charge is -2.19. The Kier molecular flexibility index (Phi) is 8.41. The number of esters is 1. The standard InChI is InChI=1S/C18H26N2O6/c1-11(2)17(20-12(3)21)18(23)26-10-16(22)19-9-13-6-7-14(24-4)15(8-13)25-5/h6-8,11,17H,9-10H2,1-5H3,(H,19,22)(H,20,21). The van der Waals surface area contributed by atoms with E-state index in [-0.39, 0.29) is 18.4 Å². The van der Waals surface area contributed by atoms with E-state index in [1.54, 1.807) is 39.2 Å². The maximum Gasteiger partial charge on any atom is 0.329 e. The maximum atomic E-state index is 12.0. The van der Waals surface area contributed by atoms with E-state index in [1.165, 1.54) is 14.0 Å². The summed E-state index contributed by atoms with van der Waals surface area (Å²) in [5.74, 6) is -0.426. The van der Waals surface area contributed by atoms with Crippen LogP contribution in [0.2, 0.25) is 0 Å². The number of benzene rings is 1. The molecule has 1 aromatic carbocycles. The molecule has 2 amide bonds. The van der Waals surface area contributed by atoms with Gasteiger partial charge in [-0.1, -0.05) is 19.9 Å². The van der Waals surface area contributed by atoms with Crippen LogP contribution in [0.1, 0.15) is 26.3 Å². The summed E-state index contributed by atoms with van der Waals surface area (Å²) in [6.07, 6.45) is 0. The van der Waals surface area contributed by atoms with Gasteiger partial charge in [-0.05, 0) is 23.6 Å². The first-order valence-electron chi connectivity index (χ1n) is 8.19. The van der Waals surface area contributed by atoms with E-state index in [2.05, 4.69) is 10.6 Å². The van der Waals surface area contributed by atoms with Gasteiger partial charge in [-0.2, -0.15) is 0 Å². The minimum Gasteiger partial charge on any atom is -0.493 e. The van der Waals surface area contributed by atoms with Crippen LogP contribution in [0.4, 0.5) is 0 Å². The van der Waals surface area contributed by atoms with Gasteiger partial charge >= 0.3 is 5.97 Å². The molecule has 0 aliphatic heterocycles. The molecular weight excluding hydrogens is 340 g/mol. The van der Waals surface area contributed by atoms with Gasteiger partial charge < -0.3 is 24.8 Å². The molecule has 8 heteroatoms. The fourth-order valence-electron chi connectivity index (χ4n) is 2.19. The highest BCUT2D eigenvalue weighted by Gasteiger charge is 2.25. The molecule has 1 unspecified atom stereocenters. The monoisotopic (exact) mass is 366 g/mol. The van der Waals surface area contributed by atoms with Crippen LogP contribution in [-0.4, -0.2) is 44.7 Å². The van der Waals surface area contributed by atoms with Gasteiger partial charge in [0.15, 0.2) is 18.1 Å². The smallest absolute Gasteiger partial charge is 0.329 e. The highest BCUT2D eigenvalue weighted by Crippen LogP contribution is 2.27. The molecule has 8 nitrogen and oxygen atoms in total. The Morgan fingerprint density at radius 2 is 1.73 bits per heavy atom. The highest BCUT2D eigenvalue weighted by molar-refractivity contribution is 5.85. The fraction of sp³-hybridized carbons (Fsp3) is 0.500. The van der Waals surface area contributed by atoms with Crippen LogP contribution in [0.25, 0.3) is 0 Å². The number of carbonyl (C=O) groups excluding carboxylic acids is 3. The van der Waals surface area contributed by atoms with Gasteiger partial charge in [0.1, 0.15) is 6.04 Å². The first kappa shape index (κ1) is 21.3. The van der Waals surface area contributed by atoms with Gasteiger partial charge in [0.2, 0.25) is 5.91 Å². The van der Waals surface area contributed by atoms with Crippen LogP contribution in [-0.2, 0) is 25.7 Å². The molecule has 0 aliphatic carbocycles. The van der Waals surface area contributed by atoms with E-state index < -0.39 is 24.5 Å². The van der Waals surface area contributed by atoms with E-state index in [1.807, 2.05) is 0 Å². The van der Waals surface area contributed by atoms with Crippen molar-refractivity contribution in [2.75, 3.05) is 20.8 Å². The normalized spacial score (nSPS) is 11.5. The van der Waals surface area contributed by atoms with Crippen LogP contribution in [0, 0.1) is 5.92 Å². The highest BCUT2D eigenvalue weighted by atomic mass is 16.5. The van der Waals surface area contributed by atoms with E-state index in [0.717, 1.165) is 5.56 Å². The lowest BCUT2D eigenvalue weighted by Crippen LogP contribution is -2.45. The Labute approximate surface area is 153 Å². The number of rotatable bonds is 9. The van der Waals surface area contributed by atoms with Gasteiger partial charge in [0.25, 0.3) is 5.91 Å². The molecule has 1 atom stereocenters. The predicted molar refractivity (Wildman–Crippen MR) is 94.8 cm³/mol. The van der Waals surface area contributed by atoms with Crippen molar-refractivity contribution in [3.8, 4) is 11.5 Å². The van der Waals surface area contributed by atoms with Gasteiger partial charge in [-0.3, -0.25) is 9.59 Å². The predicted octanol–water partition coefficient (Wildman–Crippen LogP) is 1.02. The summed E-state index contributed by atoms with van der Waals surface area (Å²) in [7, 11) is 3.07. The summed E-state index contributed by atoms with van der Waals surface area (Å²) in [4.78, 5) is 35.0. The Hall–Kier alpha value is -2.77. The number of ether oxygens (including phenoxy) is 3. The van der Waals surface area contributed by atoms with Crippen molar-refractivity contribution in [3.05, 3.63) is 23.8 Å². The summed E-state index contributed by atoms with van der Waals surface area (Å²) >= 11 is 0. The molecule has 0 bridgehead atoms. The van der Waals surface area contributed by atoms with E-state index in [0.29, 0.717) is 11.5 Å². The molecule has 144 valence electrons. The number of hydrogen-bond donors (Lipinski definition) is 2. The van der Waals surface area contributed by atoms with Crippen molar-refractivity contribution in [3.63, 3.8) is 0 Å². The van der Waals surface area contributed by atoms with Crippen LogP contribution in [0.15, 0.2) is 18.2 Å². The number of carbonyl (C=O) groups is 3. The molecule has 1 rings (SSSR count). The lowest BCUT2D eigenvalue weighted by molar-refractivity contribution is -0.152.